The molecule has 3 rings (SSSR count). The molecule has 6 heteroatoms. The van der Waals surface area contributed by atoms with E-state index < -0.39 is 0 Å². The fourth-order valence-corrected chi connectivity index (χ4v) is 3.01. The lowest BCUT2D eigenvalue weighted by Gasteiger charge is -2.08. The molecule has 2 heterocycles. The standard InChI is InChI=1S/C22H25N3O3/c1-4-6-18-20(25-14-15(3)7-12-19(25)24-18)21(26)23-17-10-8-16(9-11-17)22(27)28-13-5-2/h7-12,14H,4-6,13H2,1-3H3,(H,23,26). The Kier molecular flexibility index (Phi) is 6.09. The molecular weight excluding hydrogens is 354 g/mol. The first-order valence-corrected chi connectivity index (χ1v) is 9.59. The molecule has 0 unspecified atom stereocenters. The summed E-state index contributed by atoms with van der Waals surface area (Å²) in [5.74, 6) is -0.579. The van der Waals surface area contributed by atoms with Crippen molar-refractivity contribution >= 4 is 23.2 Å². The quantitative estimate of drug-likeness (QED) is 0.617. The number of nitrogens with one attached hydrogen (secondary N) is 1. The van der Waals surface area contributed by atoms with E-state index in [9.17, 15) is 9.59 Å². The second-order valence-electron chi connectivity index (χ2n) is 6.76. The number of rotatable bonds is 7. The van der Waals surface area contributed by atoms with Gasteiger partial charge >= 0.3 is 5.97 Å². The first kappa shape index (κ1) is 19.6. The number of benzene rings is 1. The van der Waals surface area contributed by atoms with E-state index in [2.05, 4.69) is 17.2 Å². The van der Waals surface area contributed by atoms with E-state index in [1.165, 1.54) is 0 Å². The minimum Gasteiger partial charge on any atom is -0.462 e. The number of hydrogen-bond donors (Lipinski definition) is 1. The summed E-state index contributed by atoms with van der Waals surface area (Å²) in [7, 11) is 0. The summed E-state index contributed by atoms with van der Waals surface area (Å²) in [6.45, 7) is 6.38. The Balaban J connectivity index is 1.84. The van der Waals surface area contributed by atoms with Gasteiger partial charge in [0.15, 0.2) is 0 Å². The smallest absolute Gasteiger partial charge is 0.338 e. The molecular formula is C22H25N3O3. The number of imidazole rings is 1. The minimum atomic E-state index is -0.359. The molecule has 0 aliphatic rings. The van der Waals surface area contributed by atoms with Crippen molar-refractivity contribution in [3.8, 4) is 0 Å². The lowest BCUT2D eigenvalue weighted by atomic mass is 10.2. The molecule has 0 spiro atoms. The Labute approximate surface area is 164 Å². The van der Waals surface area contributed by atoms with Crippen LogP contribution < -0.4 is 5.32 Å². The first-order valence-electron chi connectivity index (χ1n) is 9.59. The number of hydrogen-bond acceptors (Lipinski definition) is 4. The molecule has 146 valence electrons. The van der Waals surface area contributed by atoms with E-state index in [4.69, 9.17) is 4.74 Å². The van der Waals surface area contributed by atoms with Gasteiger partial charge in [0.05, 0.1) is 17.9 Å². The van der Waals surface area contributed by atoms with E-state index >= 15 is 0 Å². The summed E-state index contributed by atoms with van der Waals surface area (Å²) in [5, 5.41) is 2.91. The largest absolute Gasteiger partial charge is 0.462 e. The molecule has 1 N–H and O–H groups in total. The summed E-state index contributed by atoms with van der Waals surface area (Å²) in [5.41, 5.74) is 4.22. The van der Waals surface area contributed by atoms with Gasteiger partial charge in [-0.15, -0.1) is 0 Å². The molecule has 1 amide bonds. The second kappa shape index (κ2) is 8.69. The van der Waals surface area contributed by atoms with Crippen LogP contribution in [0.5, 0.6) is 0 Å². The molecule has 28 heavy (non-hydrogen) atoms. The zero-order chi connectivity index (χ0) is 20.1. The molecule has 0 saturated carbocycles. The van der Waals surface area contributed by atoms with Crippen LogP contribution in [-0.2, 0) is 11.2 Å². The van der Waals surface area contributed by atoms with Gasteiger partial charge in [-0.2, -0.15) is 0 Å². The molecule has 0 atom stereocenters. The number of carbonyl (C=O) groups is 2. The number of pyridine rings is 1. The van der Waals surface area contributed by atoms with Crippen molar-refractivity contribution < 1.29 is 14.3 Å². The highest BCUT2D eigenvalue weighted by atomic mass is 16.5. The molecule has 6 nitrogen and oxygen atoms in total. The molecule has 0 aliphatic carbocycles. The predicted molar refractivity (Wildman–Crippen MR) is 109 cm³/mol. The third-order valence-corrected chi connectivity index (χ3v) is 4.36. The molecule has 0 aliphatic heterocycles. The molecule has 3 aromatic rings. The normalized spacial score (nSPS) is 10.8. The number of esters is 1. The Morgan fingerprint density at radius 2 is 1.82 bits per heavy atom. The van der Waals surface area contributed by atoms with Crippen molar-refractivity contribution in [1.29, 1.82) is 0 Å². The van der Waals surface area contributed by atoms with Gasteiger partial charge in [0.1, 0.15) is 11.3 Å². The summed E-state index contributed by atoms with van der Waals surface area (Å²) in [6, 6.07) is 10.6. The van der Waals surface area contributed by atoms with Gasteiger partial charge in [-0.05, 0) is 55.7 Å². The highest BCUT2D eigenvalue weighted by molar-refractivity contribution is 6.04. The van der Waals surface area contributed by atoms with Crippen molar-refractivity contribution in [1.82, 2.24) is 9.38 Å². The molecule has 0 saturated heterocycles. The van der Waals surface area contributed by atoms with E-state index in [0.717, 1.165) is 36.2 Å². The molecule has 0 fully saturated rings. The molecule has 2 aromatic heterocycles. The highest BCUT2D eigenvalue weighted by Crippen LogP contribution is 2.18. The maximum atomic E-state index is 13.0. The van der Waals surface area contributed by atoms with Gasteiger partial charge in [-0.1, -0.05) is 26.3 Å². The summed E-state index contributed by atoms with van der Waals surface area (Å²) in [4.78, 5) is 29.5. The summed E-state index contributed by atoms with van der Waals surface area (Å²) >= 11 is 0. The number of nitrogens with zero attached hydrogens (tertiary/aromatic N) is 2. The van der Waals surface area contributed by atoms with Gasteiger partial charge in [0.2, 0.25) is 0 Å². The first-order chi connectivity index (χ1) is 13.5. The average Bonchev–Trinajstić information content (AvgIpc) is 3.04. The van der Waals surface area contributed by atoms with Crippen molar-refractivity contribution in [2.24, 2.45) is 0 Å². The average molecular weight is 379 g/mol. The molecule has 0 bridgehead atoms. The summed E-state index contributed by atoms with van der Waals surface area (Å²) in [6.07, 6.45) is 4.32. The van der Waals surface area contributed by atoms with E-state index in [-0.39, 0.29) is 11.9 Å². The van der Waals surface area contributed by atoms with Crippen LogP contribution >= 0.6 is 0 Å². The monoisotopic (exact) mass is 379 g/mol. The Morgan fingerprint density at radius 3 is 2.50 bits per heavy atom. The third kappa shape index (κ3) is 4.22. The number of anilines is 1. The van der Waals surface area contributed by atoms with Crippen LogP contribution in [-0.4, -0.2) is 27.9 Å². The maximum absolute atomic E-state index is 13.0. The van der Waals surface area contributed by atoms with Crippen LogP contribution in [0.1, 0.15) is 58.8 Å². The number of carbonyl (C=O) groups excluding carboxylic acids is 2. The van der Waals surface area contributed by atoms with Gasteiger partial charge in [0.25, 0.3) is 5.91 Å². The minimum absolute atomic E-state index is 0.220. The second-order valence-corrected chi connectivity index (χ2v) is 6.76. The predicted octanol–water partition coefficient (Wildman–Crippen LogP) is 4.41. The molecule has 0 radical (unpaired) electrons. The van der Waals surface area contributed by atoms with Crippen LogP contribution in [0.15, 0.2) is 42.6 Å². The fraction of sp³-hybridized carbons (Fsp3) is 0.318. The van der Waals surface area contributed by atoms with Gasteiger partial charge in [-0.3, -0.25) is 9.20 Å². The molecule has 1 aromatic carbocycles. The topological polar surface area (TPSA) is 72.7 Å². The van der Waals surface area contributed by atoms with E-state index in [0.29, 0.717) is 23.6 Å². The lowest BCUT2D eigenvalue weighted by molar-refractivity contribution is 0.0505. The van der Waals surface area contributed by atoms with Gasteiger partial charge in [0, 0.05) is 11.9 Å². The third-order valence-electron chi connectivity index (χ3n) is 4.36. The Hall–Kier alpha value is -3.15. The van der Waals surface area contributed by atoms with E-state index in [1.54, 1.807) is 24.3 Å². The zero-order valence-corrected chi connectivity index (χ0v) is 16.5. The van der Waals surface area contributed by atoms with Gasteiger partial charge < -0.3 is 10.1 Å². The fourth-order valence-electron chi connectivity index (χ4n) is 3.01. The Morgan fingerprint density at radius 1 is 1.07 bits per heavy atom. The van der Waals surface area contributed by atoms with E-state index in [1.807, 2.05) is 36.6 Å². The van der Waals surface area contributed by atoms with Crippen LogP contribution in [0.25, 0.3) is 5.65 Å². The number of ether oxygens (including phenoxy) is 1. The van der Waals surface area contributed by atoms with Crippen LogP contribution in [0.4, 0.5) is 5.69 Å². The maximum Gasteiger partial charge on any atom is 0.338 e. The van der Waals surface area contributed by atoms with Crippen LogP contribution in [0, 0.1) is 6.92 Å². The number of aryl methyl sites for hydroxylation is 2. The van der Waals surface area contributed by atoms with Crippen LogP contribution in [0.2, 0.25) is 0 Å². The van der Waals surface area contributed by atoms with Gasteiger partial charge in [-0.25, -0.2) is 9.78 Å². The Bertz CT molecular complexity index is 990. The highest BCUT2D eigenvalue weighted by Gasteiger charge is 2.19. The number of aromatic nitrogens is 2. The number of amides is 1. The summed E-state index contributed by atoms with van der Waals surface area (Å²) < 4.78 is 6.96. The van der Waals surface area contributed by atoms with Crippen molar-refractivity contribution in [2.75, 3.05) is 11.9 Å². The number of fused-ring (bicyclic) bond motifs is 1. The lowest BCUT2D eigenvalue weighted by Crippen LogP contribution is -2.16. The van der Waals surface area contributed by atoms with Crippen molar-refractivity contribution in [3.05, 3.63) is 65.1 Å². The SMILES string of the molecule is CCCOC(=O)c1ccc(NC(=O)c2c(CCC)nc3ccc(C)cn23)cc1. The van der Waals surface area contributed by atoms with Crippen molar-refractivity contribution in [3.63, 3.8) is 0 Å². The van der Waals surface area contributed by atoms with Crippen molar-refractivity contribution in [2.45, 2.75) is 40.0 Å². The van der Waals surface area contributed by atoms with Crippen LogP contribution in [0.3, 0.4) is 0 Å². The zero-order valence-electron chi connectivity index (χ0n) is 16.5.